The molecule has 8 nitrogen and oxygen atoms in total. The molecule has 1 aliphatic rings. The van der Waals surface area contributed by atoms with Gasteiger partial charge in [-0.2, -0.15) is 5.26 Å². The average molecular weight is 543 g/mol. The minimum atomic E-state index is -0.998. The number of furan rings is 1. The van der Waals surface area contributed by atoms with Gasteiger partial charge in [0.25, 0.3) is 5.91 Å². The number of carbonyl (C=O) groups excluding carboxylic acids is 2. The number of nitrogens with zero attached hydrogens (tertiary/aromatic N) is 2. The second-order valence-corrected chi connectivity index (χ2v) is 9.32. The van der Waals surface area contributed by atoms with Crippen molar-refractivity contribution < 1.29 is 28.6 Å². The minimum Gasteiger partial charge on any atom is -0.503 e. The lowest BCUT2D eigenvalue weighted by molar-refractivity contribution is -0.117. The first-order valence-corrected chi connectivity index (χ1v) is 12.6. The summed E-state index contributed by atoms with van der Waals surface area (Å²) in [7, 11) is 1.46. The zero-order valence-electron chi connectivity index (χ0n) is 21.1. The second-order valence-electron chi connectivity index (χ2n) is 8.89. The summed E-state index contributed by atoms with van der Waals surface area (Å²) < 4.78 is 17.0. The van der Waals surface area contributed by atoms with Crippen molar-refractivity contribution in [3.8, 4) is 17.6 Å². The predicted molar refractivity (Wildman–Crippen MR) is 145 cm³/mol. The van der Waals surface area contributed by atoms with Gasteiger partial charge in [-0.25, -0.2) is 0 Å². The highest BCUT2D eigenvalue weighted by atomic mass is 35.5. The number of nitriles is 1. The van der Waals surface area contributed by atoms with Gasteiger partial charge >= 0.3 is 0 Å². The van der Waals surface area contributed by atoms with E-state index in [0.29, 0.717) is 50.9 Å². The molecule has 1 aromatic heterocycles. The number of Topliss-reactive ketones (excluding diaryl/α,β-unsaturated/α-hetero) is 1. The highest BCUT2D eigenvalue weighted by molar-refractivity contribution is 6.31. The lowest BCUT2D eigenvalue weighted by Gasteiger charge is -2.27. The fraction of sp³-hybridized carbons (Fsp3) is 0.167. The van der Waals surface area contributed by atoms with Crippen LogP contribution in [0.25, 0.3) is 11.0 Å². The number of aliphatic hydroxyl groups is 1. The Morgan fingerprint density at radius 3 is 2.62 bits per heavy atom. The number of aliphatic hydroxyl groups excluding tert-OH is 1. The Balaban J connectivity index is 1.65. The fourth-order valence-electron chi connectivity index (χ4n) is 4.59. The molecule has 0 spiro atoms. The van der Waals surface area contributed by atoms with Gasteiger partial charge in [-0.3, -0.25) is 14.5 Å². The molecular formula is C30H23ClN2O6. The summed E-state index contributed by atoms with van der Waals surface area (Å²) in [5.41, 5.74) is 1.51. The van der Waals surface area contributed by atoms with Crippen molar-refractivity contribution in [3.05, 3.63) is 100.0 Å². The minimum absolute atomic E-state index is 0.0926. The summed E-state index contributed by atoms with van der Waals surface area (Å²) >= 11 is 6.18. The number of halogens is 1. The molecule has 2 heterocycles. The summed E-state index contributed by atoms with van der Waals surface area (Å²) in [4.78, 5) is 28.7. The summed E-state index contributed by atoms with van der Waals surface area (Å²) in [5.74, 6) is -1.32. The monoisotopic (exact) mass is 542 g/mol. The van der Waals surface area contributed by atoms with Crippen LogP contribution in [0.5, 0.6) is 11.5 Å². The predicted octanol–water partition coefficient (Wildman–Crippen LogP) is 6.54. The van der Waals surface area contributed by atoms with Crippen molar-refractivity contribution in [2.75, 3.05) is 18.6 Å². The molecule has 0 saturated carbocycles. The van der Waals surface area contributed by atoms with E-state index in [9.17, 15) is 20.0 Å². The molecule has 196 valence electrons. The number of anilines is 1. The third-order valence-electron chi connectivity index (χ3n) is 6.36. The van der Waals surface area contributed by atoms with Crippen molar-refractivity contribution in [1.29, 1.82) is 5.26 Å². The van der Waals surface area contributed by atoms with Crippen molar-refractivity contribution in [3.63, 3.8) is 0 Å². The number of ether oxygens (including phenoxy) is 2. The van der Waals surface area contributed by atoms with E-state index < -0.39 is 23.5 Å². The Kier molecular flexibility index (Phi) is 7.01. The lowest BCUT2D eigenvalue weighted by Crippen LogP contribution is -2.31. The Morgan fingerprint density at radius 1 is 1.15 bits per heavy atom. The van der Waals surface area contributed by atoms with Crippen LogP contribution >= 0.6 is 11.6 Å². The number of carbonyl (C=O) groups is 2. The topological polar surface area (TPSA) is 113 Å². The van der Waals surface area contributed by atoms with Crippen LogP contribution in [-0.2, 0) is 4.79 Å². The van der Waals surface area contributed by atoms with E-state index >= 15 is 0 Å². The molecule has 1 atom stereocenters. The zero-order chi connectivity index (χ0) is 27.7. The zero-order valence-corrected chi connectivity index (χ0v) is 21.9. The number of amides is 1. The van der Waals surface area contributed by atoms with Gasteiger partial charge < -0.3 is 19.0 Å². The Labute approximate surface area is 229 Å². The van der Waals surface area contributed by atoms with Crippen LogP contribution < -0.4 is 14.4 Å². The van der Waals surface area contributed by atoms with Crippen molar-refractivity contribution in [2.45, 2.75) is 19.4 Å². The summed E-state index contributed by atoms with van der Waals surface area (Å²) in [6.45, 7) is 2.47. The molecule has 0 fully saturated rings. The van der Waals surface area contributed by atoms with Crippen LogP contribution in [0.4, 0.5) is 5.69 Å². The number of benzene rings is 3. The van der Waals surface area contributed by atoms with E-state index in [0.717, 1.165) is 6.42 Å². The smallest absolute Gasteiger partial charge is 0.294 e. The van der Waals surface area contributed by atoms with Gasteiger partial charge in [-0.1, -0.05) is 30.7 Å². The third-order valence-corrected chi connectivity index (χ3v) is 6.58. The lowest BCUT2D eigenvalue weighted by atomic mass is 9.94. The van der Waals surface area contributed by atoms with Gasteiger partial charge in [0.2, 0.25) is 5.78 Å². The molecule has 4 aromatic rings. The van der Waals surface area contributed by atoms with Crippen LogP contribution in [0.3, 0.4) is 0 Å². The molecule has 39 heavy (non-hydrogen) atoms. The maximum atomic E-state index is 13.9. The molecule has 5 rings (SSSR count). The summed E-state index contributed by atoms with van der Waals surface area (Å²) in [5, 5.41) is 21.2. The molecule has 9 heteroatoms. The first-order valence-electron chi connectivity index (χ1n) is 12.2. The van der Waals surface area contributed by atoms with E-state index in [2.05, 4.69) is 0 Å². The molecule has 1 unspecified atom stereocenters. The van der Waals surface area contributed by atoms with E-state index in [1.54, 1.807) is 60.7 Å². The fourth-order valence-corrected chi connectivity index (χ4v) is 4.81. The molecule has 0 bridgehead atoms. The molecule has 1 aliphatic heterocycles. The Morgan fingerprint density at radius 2 is 1.92 bits per heavy atom. The highest BCUT2D eigenvalue weighted by Gasteiger charge is 2.45. The van der Waals surface area contributed by atoms with E-state index in [-0.39, 0.29) is 11.3 Å². The van der Waals surface area contributed by atoms with Crippen LogP contribution in [0, 0.1) is 11.3 Å². The SMILES string of the molecule is CCCOc1cccc(C2C(C(=O)c3cc4cc(Cl)cc(OC)c4o3)=C(O)C(=O)N2c2ccc(C#N)cc2)c1. The number of fused-ring (bicyclic) bond motifs is 1. The van der Waals surface area contributed by atoms with E-state index in [1.165, 1.54) is 18.1 Å². The van der Waals surface area contributed by atoms with Crippen LogP contribution in [0.2, 0.25) is 5.02 Å². The molecular weight excluding hydrogens is 520 g/mol. The number of ketones is 1. The highest BCUT2D eigenvalue weighted by Crippen LogP contribution is 2.43. The molecule has 1 N–H and O–H groups in total. The number of hydrogen-bond acceptors (Lipinski definition) is 7. The van der Waals surface area contributed by atoms with Gasteiger partial charge in [-0.15, -0.1) is 0 Å². The molecule has 0 radical (unpaired) electrons. The normalized spacial score (nSPS) is 15.1. The van der Waals surface area contributed by atoms with Crippen molar-refractivity contribution in [1.82, 2.24) is 0 Å². The van der Waals surface area contributed by atoms with Crippen LogP contribution in [-0.4, -0.2) is 30.5 Å². The molecule has 3 aromatic carbocycles. The van der Waals surface area contributed by atoms with Gasteiger partial charge in [0.05, 0.1) is 37.0 Å². The van der Waals surface area contributed by atoms with Gasteiger partial charge in [0.1, 0.15) is 5.75 Å². The standard InChI is InChI=1S/C30H23ClN2O6/c1-3-11-38-22-6-4-5-18(13-22)26-25(28(35)30(36)33(26)21-9-7-17(16-32)8-10-21)27(34)23-14-19-12-20(31)15-24(37-2)29(19)39-23/h4-10,12-15,26,35H,3,11H2,1-2H3. The largest absolute Gasteiger partial charge is 0.503 e. The van der Waals surface area contributed by atoms with E-state index in [4.69, 9.17) is 25.5 Å². The number of methoxy groups -OCH3 is 1. The average Bonchev–Trinajstić information content (AvgIpc) is 3.50. The molecule has 1 amide bonds. The second kappa shape index (κ2) is 10.6. The number of rotatable bonds is 8. The Bertz CT molecular complexity index is 1670. The maximum absolute atomic E-state index is 13.9. The van der Waals surface area contributed by atoms with Crippen LogP contribution in [0.1, 0.15) is 41.1 Å². The number of hydrogen-bond donors (Lipinski definition) is 1. The van der Waals surface area contributed by atoms with Gasteiger partial charge in [-0.05, 0) is 60.5 Å². The van der Waals surface area contributed by atoms with Gasteiger partial charge in [0.15, 0.2) is 22.9 Å². The van der Waals surface area contributed by atoms with Gasteiger partial charge in [0, 0.05) is 22.2 Å². The first kappa shape index (κ1) is 25.9. The maximum Gasteiger partial charge on any atom is 0.294 e. The first-order chi connectivity index (χ1) is 18.9. The molecule has 0 aliphatic carbocycles. The quantitative estimate of drug-likeness (QED) is 0.251. The third kappa shape index (κ3) is 4.69. The summed E-state index contributed by atoms with van der Waals surface area (Å²) in [6.07, 6.45) is 0.799. The molecule has 0 saturated heterocycles. The van der Waals surface area contributed by atoms with Crippen molar-refractivity contribution in [2.24, 2.45) is 0 Å². The summed E-state index contributed by atoms with van der Waals surface area (Å²) in [6, 6.07) is 19.1. The van der Waals surface area contributed by atoms with Crippen LogP contribution in [0.15, 0.2) is 82.5 Å². The van der Waals surface area contributed by atoms with Crippen molar-refractivity contribution >= 4 is 39.9 Å². The van der Waals surface area contributed by atoms with E-state index in [1.807, 2.05) is 13.0 Å². The Hall–Kier alpha value is -4.74.